The van der Waals surface area contributed by atoms with E-state index >= 15 is 0 Å². The molecule has 3 heterocycles. The van der Waals surface area contributed by atoms with Gasteiger partial charge in [-0.2, -0.15) is 0 Å². The van der Waals surface area contributed by atoms with E-state index in [2.05, 4.69) is 51.1 Å². The highest BCUT2D eigenvalue weighted by Crippen LogP contribution is 2.23. The maximum atomic E-state index is 4.44. The topological polar surface area (TPSA) is 50.1 Å². The Morgan fingerprint density at radius 1 is 1.20 bits per heavy atom. The van der Waals surface area contributed by atoms with Gasteiger partial charge in [-0.05, 0) is 24.5 Å². The third-order valence-corrected chi connectivity index (χ3v) is 5.47. The summed E-state index contributed by atoms with van der Waals surface area (Å²) in [4.78, 5) is 9.61. The van der Waals surface area contributed by atoms with E-state index in [1.165, 1.54) is 17.7 Å². The molecule has 0 spiro atoms. The van der Waals surface area contributed by atoms with Gasteiger partial charge in [0.05, 0.1) is 11.9 Å². The number of nitrogens with zero attached hydrogens (tertiary/aromatic N) is 6. The summed E-state index contributed by atoms with van der Waals surface area (Å²) in [5.41, 5.74) is 3.57. The first-order valence-corrected chi connectivity index (χ1v) is 9.28. The highest BCUT2D eigenvalue weighted by molar-refractivity contribution is 5.13. The minimum absolute atomic E-state index is 0.562. The van der Waals surface area contributed by atoms with Crippen molar-refractivity contribution in [3.05, 3.63) is 41.5 Å². The average molecular weight is 342 g/mol. The third kappa shape index (κ3) is 4.44. The summed E-state index contributed by atoms with van der Waals surface area (Å²) in [6.07, 6.45) is 5.10. The molecule has 25 heavy (non-hydrogen) atoms. The summed E-state index contributed by atoms with van der Waals surface area (Å²) in [5, 5.41) is 8.10. The van der Waals surface area contributed by atoms with Crippen molar-refractivity contribution >= 4 is 0 Å². The molecule has 0 radical (unpaired) electrons. The highest BCUT2D eigenvalue weighted by Gasteiger charge is 2.30. The molecule has 1 saturated heterocycles. The Balaban J connectivity index is 1.67. The lowest BCUT2D eigenvalue weighted by Crippen LogP contribution is -2.54. The molecule has 0 amide bonds. The van der Waals surface area contributed by atoms with Crippen LogP contribution in [0.5, 0.6) is 0 Å². The van der Waals surface area contributed by atoms with Gasteiger partial charge < -0.3 is 0 Å². The number of rotatable bonds is 6. The van der Waals surface area contributed by atoms with E-state index in [1.54, 1.807) is 0 Å². The van der Waals surface area contributed by atoms with E-state index < -0.39 is 0 Å². The van der Waals surface area contributed by atoms with E-state index in [4.69, 9.17) is 0 Å². The second-order valence-electron chi connectivity index (χ2n) is 7.32. The first kappa shape index (κ1) is 18.0. The van der Waals surface area contributed by atoms with Crippen LogP contribution in [0.1, 0.15) is 37.2 Å². The predicted molar refractivity (Wildman–Crippen MR) is 98.9 cm³/mol. The lowest BCUT2D eigenvalue weighted by atomic mass is 9.94. The second kappa shape index (κ2) is 8.06. The molecule has 3 rings (SSSR count). The number of hydrogen-bond acceptors (Lipinski definition) is 5. The molecule has 2 atom stereocenters. The van der Waals surface area contributed by atoms with Crippen LogP contribution in [0.2, 0.25) is 0 Å². The minimum atomic E-state index is 0.562. The molecule has 0 aliphatic carbocycles. The summed E-state index contributed by atoms with van der Waals surface area (Å²) < 4.78 is 1.89. The van der Waals surface area contributed by atoms with Gasteiger partial charge in [0.1, 0.15) is 0 Å². The van der Waals surface area contributed by atoms with Gasteiger partial charge in [-0.3, -0.25) is 19.5 Å². The molecule has 2 aromatic heterocycles. The molecule has 1 fully saturated rings. The zero-order valence-electron chi connectivity index (χ0n) is 15.9. The molecule has 0 saturated carbocycles. The fourth-order valence-corrected chi connectivity index (χ4v) is 3.57. The Hall–Kier alpha value is -1.79. The summed E-state index contributed by atoms with van der Waals surface area (Å²) >= 11 is 0. The molecule has 0 unspecified atom stereocenters. The molecule has 2 aromatic rings. The molecule has 0 N–H and O–H groups in total. The van der Waals surface area contributed by atoms with Crippen LogP contribution in [0.25, 0.3) is 0 Å². The average Bonchev–Trinajstić information content (AvgIpc) is 3.02. The molecule has 1 aliphatic heterocycles. The van der Waals surface area contributed by atoms with Gasteiger partial charge in [-0.1, -0.05) is 31.5 Å². The lowest BCUT2D eigenvalue weighted by Gasteiger charge is -2.44. The Morgan fingerprint density at radius 3 is 2.68 bits per heavy atom. The van der Waals surface area contributed by atoms with Gasteiger partial charge in [-0.15, -0.1) is 5.10 Å². The smallest absolute Gasteiger partial charge is 0.0738 e. The monoisotopic (exact) mass is 342 g/mol. The van der Waals surface area contributed by atoms with Crippen molar-refractivity contribution in [1.82, 2.24) is 29.8 Å². The molecule has 6 heteroatoms. The van der Waals surface area contributed by atoms with Gasteiger partial charge in [-0.25, -0.2) is 0 Å². The van der Waals surface area contributed by atoms with Gasteiger partial charge in [0.15, 0.2) is 0 Å². The van der Waals surface area contributed by atoms with E-state index in [1.807, 2.05) is 31.0 Å². The van der Waals surface area contributed by atoms with Crippen LogP contribution in [0, 0.1) is 12.8 Å². The molecular weight excluding hydrogens is 312 g/mol. The third-order valence-electron chi connectivity index (χ3n) is 5.47. The van der Waals surface area contributed by atoms with Crippen molar-refractivity contribution < 1.29 is 0 Å². The van der Waals surface area contributed by atoms with Crippen LogP contribution in [0.15, 0.2) is 24.5 Å². The number of pyridine rings is 1. The van der Waals surface area contributed by atoms with Crippen LogP contribution < -0.4 is 0 Å². The lowest BCUT2D eigenvalue weighted by molar-refractivity contribution is 0.0338. The van der Waals surface area contributed by atoms with Crippen molar-refractivity contribution in [2.24, 2.45) is 13.0 Å². The van der Waals surface area contributed by atoms with E-state index in [-0.39, 0.29) is 0 Å². The SMILES string of the molecule is CC[C@H](C)[C@H]1CN(Cc2ccc(C)nc2)CCN1Cc1cnnn1C. The Bertz CT molecular complexity index is 665. The zero-order chi connectivity index (χ0) is 17.8. The normalized spacial score (nSPS) is 20.7. The van der Waals surface area contributed by atoms with E-state index in [0.717, 1.165) is 38.4 Å². The van der Waals surface area contributed by atoms with Gasteiger partial charge in [0, 0.05) is 57.7 Å². The fraction of sp³-hybridized carbons (Fsp3) is 0.632. The molecule has 0 bridgehead atoms. The first-order chi connectivity index (χ1) is 12.1. The molecule has 136 valence electrons. The second-order valence-corrected chi connectivity index (χ2v) is 7.32. The Morgan fingerprint density at radius 2 is 2.04 bits per heavy atom. The van der Waals surface area contributed by atoms with Crippen LogP contribution in [-0.4, -0.2) is 55.5 Å². The van der Waals surface area contributed by atoms with Crippen LogP contribution >= 0.6 is 0 Å². The number of aryl methyl sites for hydroxylation is 2. The summed E-state index contributed by atoms with van der Waals surface area (Å²) in [6.45, 7) is 11.9. The minimum Gasteiger partial charge on any atom is -0.296 e. The Kier molecular flexibility index (Phi) is 5.81. The number of piperazine rings is 1. The molecule has 0 aromatic carbocycles. The van der Waals surface area contributed by atoms with E-state index in [9.17, 15) is 0 Å². The van der Waals surface area contributed by atoms with Crippen LogP contribution in [0.4, 0.5) is 0 Å². The molecule has 1 aliphatic rings. The summed E-state index contributed by atoms with van der Waals surface area (Å²) in [7, 11) is 1.97. The van der Waals surface area contributed by atoms with Gasteiger partial charge in [0.2, 0.25) is 0 Å². The van der Waals surface area contributed by atoms with Crippen molar-refractivity contribution in [1.29, 1.82) is 0 Å². The molecule has 6 nitrogen and oxygen atoms in total. The number of hydrogen-bond donors (Lipinski definition) is 0. The zero-order valence-corrected chi connectivity index (χ0v) is 15.9. The highest BCUT2D eigenvalue weighted by atomic mass is 15.4. The standard InChI is InChI=1S/C19H30N6/c1-5-15(2)19-14-24(12-17-7-6-16(3)20-10-17)8-9-25(19)13-18-11-21-22-23(18)4/h6-7,10-11,15,19H,5,8-9,12-14H2,1-4H3/t15-,19+/m0/s1. The van der Waals surface area contributed by atoms with Gasteiger partial charge >= 0.3 is 0 Å². The van der Waals surface area contributed by atoms with Crippen molar-refractivity contribution in [2.45, 2.75) is 46.3 Å². The maximum Gasteiger partial charge on any atom is 0.0738 e. The first-order valence-electron chi connectivity index (χ1n) is 9.28. The number of aromatic nitrogens is 4. The maximum absolute atomic E-state index is 4.44. The van der Waals surface area contributed by atoms with Crippen LogP contribution in [-0.2, 0) is 20.1 Å². The summed E-state index contributed by atoms with van der Waals surface area (Å²) in [5.74, 6) is 0.667. The Labute approximate surface area is 150 Å². The largest absolute Gasteiger partial charge is 0.296 e. The van der Waals surface area contributed by atoms with Crippen molar-refractivity contribution in [3.63, 3.8) is 0 Å². The quantitative estimate of drug-likeness (QED) is 0.806. The van der Waals surface area contributed by atoms with Crippen molar-refractivity contribution in [3.8, 4) is 0 Å². The van der Waals surface area contributed by atoms with Gasteiger partial charge in [0.25, 0.3) is 0 Å². The van der Waals surface area contributed by atoms with E-state index in [0.29, 0.717) is 12.0 Å². The fourth-order valence-electron chi connectivity index (χ4n) is 3.57. The van der Waals surface area contributed by atoms with Crippen molar-refractivity contribution in [2.75, 3.05) is 19.6 Å². The summed E-state index contributed by atoms with van der Waals surface area (Å²) in [6, 6.07) is 4.87. The molecular formula is C19H30N6. The van der Waals surface area contributed by atoms with Crippen LogP contribution in [0.3, 0.4) is 0 Å². The predicted octanol–water partition coefficient (Wildman–Crippen LogP) is 2.25.